The maximum absolute atomic E-state index is 12.5. The molecular formula is C27H24IN3O4. The molecule has 8 heteroatoms. The molecule has 0 aliphatic carbocycles. The van der Waals surface area contributed by atoms with Crippen molar-refractivity contribution in [3.8, 4) is 17.6 Å². The molecule has 0 aliphatic heterocycles. The van der Waals surface area contributed by atoms with E-state index in [9.17, 15) is 14.9 Å². The van der Waals surface area contributed by atoms with Crippen molar-refractivity contribution < 1.29 is 19.1 Å². The lowest BCUT2D eigenvalue weighted by Gasteiger charge is -2.14. The third-order valence-electron chi connectivity index (χ3n) is 5.10. The Bertz CT molecular complexity index is 1310. The minimum Gasteiger partial charge on any atom is -0.493 e. The molecule has 178 valence electrons. The van der Waals surface area contributed by atoms with Gasteiger partial charge in [0.15, 0.2) is 18.1 Å². The molecule has 2 N–H and O–H groups in total. The van der Waals surface area contributed by atoms with Gasteiger partial charge in [-0.05, 0) is 95.6 Å². The van der Waals surface area contributed by atoms with Gasteiger partial charge in [-0.1, -0.05) is 24.3 Å². The van der Waals surface area contributed by atoms with Gasteiger partial charge in [0.2, 0.25) is 0 Å². The Hall–Kier alpha value is -3.84. The molecule has 0 atom stereocenters. The lowest BCUT2D eigenvalue weighted by molar-refractivity contribution is -0.118. The van der Waals surface area contributed by atoms with E-state index >= 15 is 0 Å². The standard InChI is InChI=1S/C27H24IN3O4/c1-17-9-10-22(11-18(17)2)30-25(32)16-35-26-23(28)13-19(14-24(26)34-3)12-20(15-29)27(33)31-21-7-5-4-6-8-21/h4-14H,16H2,1-3H3,(H,30,32)(H,31,33)/b20-12+. The van der Waals surface area contributed by atoms with Crippen LogP contribution in [0, 0.1) is 28.7 Å². The topological polar surface area (TPSA) is 100 Å². The number of aryl methyl sites for hydroxylation is 2. The number of hydrogen-bond donors (Lipinski definition) is 2. The number of anilines is 2. The molecule has 0 spiro atoms. The minimum atomic E-state index is -0.518. The Morgan fingerprint density at radius 3 is 2.40 bits per heavy atom. The number of carbonyl (C=O) groups is 2. The highest BCUT2D eigenvalue weighted by Crippen LogP contribution is 2.34. The van der Waals surface area contributed by atoms with Crippen molar-refractivity contribution in [3.05, 3.63) is 86.5 Å². The van der Waals surface area contributed by atoms with Crippen molar-refractivity contribution in [2.24, 2.45) is 0 Å². The SMILES string of the molecule is COc1cc(/C=C(\C#N)C(=O)Nc2ccccc2)cc(I)c1OCC(=O)Nc1ccc(C)c(C)c1. The molecule has 3 rings (SSSR count). The number of rotatable bonds is 8. The zero-order valence-electron chi connectivity index (χ0n) is 19.5. The summed E-state index contributed by atoms with van der Waals surface area (Å²) in [6.45, 7) is 3.78. The van der Waals surface area contributed by atoms with E-state index in [1.165, 1.54) is 13.2 Å². The number of ether oxygens (including phenoxy) is 2. The van der Waals surface area contributed by atoms with Gasteiger partial charge in [-0.2, -0.15) is 5.26 Å². The average molecular weight is 581 g/mol. The van der Waals surface area contributed by atoms with Crippen LogP contribution in [0.15, 0.2) is 66.2 Å². The second-order valence-corrected chi connectivity index (χ2v) is 8.82. The Labute approximate surface area is 217 Å². The van der Waals surface area contributed by atoms with E-state index in [4.69, 9.17) is 9.47 Å². The lowest BCUT2D eigenvalue weighted by atomic mass is 10.1. The van der Waals surface area contributed by atoms with Crippen molar-refractivity contribution in [1.82, 2.24) is 0 Å². The molecule has 0 unspecified atom stereocenters. The van der Waals surface area contributed by atoms with Crippen LogP contribution in [0.4, 0.5) is 11.4 Å². The quantitative estimate of drug-likeness (QED) is 0.209. The van der Waals surface area contributed by atoms with Crippen LogP contribution in [0.2, 0.25) is 0 Å². The lowest BCUT2D eigenvalue weighted by Crippen LogP contribution is -2.20. The second kappa shape index (κ2) is 12.0. The first-order valence-corrected chi connectivity index (χ1v) is 11.7. The number of para-hydroxylation sites is 1. The molecule has 3 aromatic rings. The predicted octanol–water partition coefficient (Wildman–Crippen LogP) is 5.48. The highest BCUT2D eigenvalue weighted by Gasteiger charge is 2.15. The highest BCUT2D eigenvalue weighted by molar-refractivity contribution is 14.1. The van der Waals surface area contributed by atoms with Gasteiger partial charge < -0.3 is 20.1 Å². The van der Waals surface area contributed by atoms with Gasteiger partial charge >= 0.3 is 0 Å². The number of amides is 2. The summed E-state index contributed by atoms with van der Waals surface area (Å²) in [6.07, 6.45) is 1.47. The normalized spacial score (nSPS) is 10.8. The molecule has 3 aromatic carbocycles. The Morgan fingerprint density at radius 2 is 1.74 bits per heavy atom. The number of nitriles is 1. The number of nitrogens with zero attached hydrogens (tertiary/aromatic N) is 1. The maximum Gasteiger partial charge on any atom is 0.266 e. The molecule has 35 heavy (non-hydrogen) atoms. The van der Waals surface area contributed by atoms with Gasteiger partial charge in [0.25, 0.3) is 11.8 Å². The number of carbonyl (C=O) groups excluding carboxylic acids is 2. The van der Waals surface area contributed by atoms with E-state index < -0.39 is 5.91 Å². The number of halogens is 1. The molecule has 0 aliphatic rings. The van der Waals surface area contributed by atoms with Crippen LogP contribution in [0.5, 0.6) is 11.5 Å². The van der Waals surface area contributed by atoms with Crippen molar-refractivity contribution in [1.29, 1.82) is 5.26 Å². The van der Waals surface area contributed by atoms with Gasteiger partial charge in [-0.3, -0.25) is 9.59 Å². The first kappa shape index (κ1) is 25.8. The van der Waals surface area contributed by atoms with E-state index in [0.717, 1.165) is 11.1 Å². The maximum atomic E-state index is 12.5. The molecular weight excluding hydrogens is 557 g/mol. The molecule has 7 nitrogen and oxygen atoms in total. The molecule has 0 saturated heterocycles. The fourth-order valence-corrected chi connectivity index (χ4v) is 3.93. The Balaban J connectivity index is 1.73. The van der Waals surface area contributed by atoms with Crippen molar-refractivity contribution in [2.45, 2.75) is 13.8 Å². The Kier molecular flexibility index (Phi) is 8.86. The molecule has 0 saturated carbocycles. The molecule has 0 radical (unpaired) electrons. The number of benzene rings is 3. The predicted molar refractivity (Wildman–Crippen MR) is 144 cm³/mol. The van der Waals surface area contributed by atoms with Crippen LogP contribution in [-0.2, 0) is 9.59 Å². The van der Waals surface area contributed by atoms with E-state index in [2.05, 4.69) is 33.2 Å². The van der Waals surface area contributed by atoms with Crippen LogP contribution in [0.1, 0.15) is 16.7 Å². The molecule has 0 heterocycles. The fraction of sp³-hybridized carbons (Fsp3) is 0.148. The second-order valence-electron chi connectivity index (χ2n) is 7.66. The first-order valence-electron chi connectivity index (χ1n) is 10.7. The number of nitrogens with one attached hydrogen (secondary N) is 2. The van der Waals surface area contributed by atoms with Gasteiger partial charge in [0.05, 0.1) is 10.7 Å². The first-order chi connectivity index (χ1) is 16.8. The average Bonchev–Trinajstić information content (AvgIpc) is 2.84. The van der Waals surface area contributed by atoms with Crippen molar-refractivity contribution in [2.75, 3.05) is 24.4 Å². The molecule has 0 bridgehead atoms. The summed E-state index contributed by atoms with van der Waals surface area (Å²) in [6, 6.07) is 19.9. The van der Waals surface area contributed by atoms with Crippen LogP contribution in [0.25, 0.3) is 6.08 Å². The van der Waals surface area contributed by atoms with Gasteiger partial charge in [-0.25, -0.2) is 0 Å². The molecule has 2 amide bonds. The third-order valence-corrected chi connectivity index (χ3v) is 5.90. The van der Waals surface area contributed by atoms with E-state index in [1.807, 2.05) is 44.2 Å². The zero-order chi connectivity index (χ0) is 25.4. The smallest absolute Gasteiger partial charge is 0.266 e. The summed E-state index contributed by atoms with van der Waals surface area (Å²) in [5, 5.41) is 15.0. The van der Waals surface area contributed by atoms with E-state index in [1.54, 1.807) is 36.4 Å². The third kappa shape index (κ3) is 7.07. The van der Waals surface area contributed by atoms with Gasteiger partial charge in [0.1, 0.15) is 11.6 Å². The number of methoxy groups -OCH3 is 1. The van der Waals surface area contributed by atoms with Crippen molar-refractivity contribution >= 4 is 51.9 Å². The van der Waals surface area contributed by atoms with Crippen molar-refractivity contribution in [3.63, 3.8) is 0 Å². The molecule has 0 fully saturated rings. The fourth-order valence-electron chi connectivity index (χ4n) is 3.15. The summed E-state index contributed by atoms with van der Waals surface area (Å²) >= 11 is 2.06. The Morgan fingerprint density at radius 1 is 1.00 bits per heavy atom. The van der Waals surface area contributed by atoms with Gasteiger partial charge in [0, 0.05) is 11.4 Å². The zero-order valence-corrected chi connectivity index (χ0v) is 21.7. The summed E-state index contributed by atoms with van der Waals surface area (Å²) in [7, 11) is 1.48. The largest absolute Gasteiger partial charge is 0.493 e. The number of hydrogen-bond acceptors (Lipinski definition) is 5. The molecule has 0 aromatic heterocycles. The van der Waals surface area contributed by atoms with E-state index in [0.29, 0.717) is 32.0 Å². The van der Waals surface area contributed by atoms with Crippen LogP contribution >= 0.6 is 22.6 Å². The minimum absolute atomic E-state index is 0.0619. The van der Waals surface area contributed by atoms with Crippen LogP contribution < -0.4 is 20.1 Å². The summed E-state index contributed by atoms with van der Waals surface area (Å²) in [5.41, 5.74) is 4.03. The van der Waals surface area contributed by atoms with Crippen LogP contribution in [0.3, 0.4) is 0 Å². The highest BCUT2D eigenvalue weighted by atomic mass is 127. The van der Waals surface area contributed by atoms with E-state index in [-0.39, 0.29) is 18.1 Å². The van der Waals surface area contributed by atoms with Gasteiger partial charge in [-0.15, -0.1) is 0 Å². The summed E-state index contributed by atoms with van der Waals surface area (Å²) in [4.78, 5) is 24.9. The monoisotopic (exact) mass is 581 g/mol. The summed E-state index contributed by atoms with van der Waals surface area (Å²) in [5.74, 6) is -0.0499. The van der Waals surface area contributed by atoms with Crippen LogP contribution in [-0.4, -0.2) is 25.5 Å². The summed E-state index contributed by atoms with van der Waals surface area (Å²) < 4.78 is 11.9.